The third-order valence-corrected chi connectivity index (χ3v) is 4.07. The minimum Gasteiger partial charge on any atom is -0.492 e. The summed E-state index contributed by atoms with van der Waals surface area (Å²) in [6, 6.07) is 15.7. The van der Waals surface area contributed by atoms with Crippen LogP contribution in [0.4, 0.5) is 5.69 Å². The molecule has 0 amide bonds. The van der Waals surface area contributed by atoms with E-state index in [0.29, 0.717) is 16.5 Å². The van der Waals surface area contributed by atoms with Gasteiger partial charge >= 0.3 is 0 Å². The summed E-state index contributed by atoms with van der Waals surface area (Å²) in [6.45, 7) is 0.0732. The Balaban J connectivity index is 1.90. The molecule has 0 radical (unpaired) electrons. The zero-order valence-electron chi connectivity index (χ0n) is 10.6. The second kappa shape index (κ2) is 6.63. The molecule has 1 N–H and O–H groups in total. The summed E-state index contributed by atoms with van der Waals surface area (Å²) in [6.07, 6.45) is 0. The van der Waals surface area contributed by atoms with Crippen LogP contribution in [0.15, 0.2) is 54.6 Å². The van der Waals surface area contributed by atoms with E-state index < -0.39 is 10.0 Å². The molecule has 0 aliphatic rings. The largest absolute Gasteiger partial charge is 0.492 e. The third-order valence-electron chi connectivity index (χ3n) is 2.50. The van der Waals surface area contributed by atoms with Gasteiger partial charge in [0.05, 0.1) is 10.7 Å². The molecule has 6 heteroatoms. The van der Waals surface area contributed by atoms with E-state index in [1.165, 1.54) is 0 Å². The van der Waals surface area contributed by atoms with Gasteiger partial charge in [0.1, 0.15) is 18.1 Å². The number of para-hydroxylation sites is 2. The van der Waals surface area contributed by atoms with Gasteiger partial charge in [0.15, 0.2) is 0 Å². The van der Waals surface area contributed by atoms with Crippen LogP contribution in [0.5, 0.6) is 5.75 Å². The Morgan fingerprint density at radius 2 is 1.65 bits per heavy atom. The van der Waals surface area contributed by atoms with E-state index in [1.807, 2.05) is 18.2 Å². The number of rotatable bonds is 6. The van der Waals surface area contributed by atoms with Crippen LogP contribution >= 0.6 is 11.6 Å². The minimum atomic E-state index is -3.49. The van der Waals surface area contributed by atoms with E-state index in [2.05, 4.69) is 4.72 Å². The molecule has 106 valence electrons. The molecule has 0 bridgehead atoms. The Morgan fingerprint density at radius 1 is 1.00 bits per heavy atom. The van der Waals surface area contributed by atoms with E-state index in [-0.39, 0.29) is 12.4 Å². The monoisotopic (exact) mass is 311 g/mol. The van der Waals surface area contributed by atoms with E-state index >= 15 is 0 Å². The molecule has 2 rings (SSSR count). The minimum absolute atomic E-state index is 0.0732. The smallest absolute Gasteiger partial charge is 0.236 e. The van der Waals surface area contributed by atoms with E-state index in [0.717, 1.165) is 0 Å². The molecule has 0 aliphatic carbocycles. The molecule has 0 aliphatic heterocycles. The number of halogens is 1. The van der Waals surface area contributed by atoms with Crippen LogP contribution in [0, 0.1) is 0 Å². The summed E-state index contributed by atoms with van der Waals surface area (Å²) in [7, 11) is -3.49. The fourth-order valence-corrected chi connectivity index (χ4v) is 2.71. The highest BCUT2D eigenvalue weighted by Gasteiger charge is 2.12. The number of anilines is 1. The Labute approximate surface area is 123 Å². The van der Waals surface area contributed by atoms with Crippen molar-refractivity contribution in [1.82, 2.24) is 0 Å². The maximum absolute atomic E-state index is 11.9. The van der Waals surface area contributed by atoms with E-state index in [9.17, 15) is 8.42 Å². The topological polar surface area (TPSA) is 55.4 Å². The van der Waals surface area contributed by atoms with Gasteiger partial charge in [0.2, 0.25) is 10.0 Å². The molecular weight excluding hydrogens is 298 g/mol. The zero-order valence-corrected chi connectivity index (χ0v) is 12.2. The summed E-state index contributed by atoms with van der Waals surface area (Å²) in [5, 5.41) is 0.361. The quantitative estimate of drug-likeness (QED) is 0.891. The summed E-state index contributed by atoms with van der Waals surface area (Å²) < 4.78 is 31.6. The Morgan fingerprint density at radius 3 is 2.35 bits per heavy atom. The lowest BCUT2D eigenvalue weighted by molar-refractivity contribution is 0.341. The molecule has 0 atom stereocenters. The van der Waals surface area contributed by atoms with Crippen molar-refractivity contribution < 1.29 is 13.2 Å². The number of sulfonamides is 1. The van der Waals surface area contributed by atoms with Gasteiger partial charge in [-0.25, -0.2) is 8.42 Å². The SMILES string of the molecule is O=S(=O)(CCOc1ccccc1)Nc1ccccc1Cl. The van der Waals surface area contributed by atoms with Gasteiger partial charge in [-0.15, -0.1) is 0 Å². The van der Waals surface area contributed by atoms with Gasteiger partial charge in [-0.2, -0.15) is 0 Å². The van der Waals surface area contributed by atoms with Crippen molar-refractivity contribution in [3.05, 3.63) is 59.6 Å². The van der Waals surface area contributed by atoms with Crippen LogP contribution in [0.3, 0.4) is 0 Å². The van der Waals surface area contributed by atoms with Gasteiger partial charge in [-0.3, -0.25) is 4.72 Å². The standard InChI is InChI=1S/C14H14ClNO3S/c15-13-8-4-5-9-14(13)16-20(17,18)11-10-19-12-6-2-1-3-7-12/h1-9,16H,10-11H2. The van der Waals surface area contributed by atoms with E-state index in [4.69, 9.17) is 16.3 Å². The predicted octanol–water partition coefficient (Wildman–Crippen LogP) is 3.16. The summed E-state index contributed by atoms with van der Waals surface area (Å²) >= 11 is 5.90. The summed E-state index contributed by atoms with van der Waals surface area (Å²) in [5.74, 6) is 0.494. The van der Waals surface area contributed by atoms with Crippen molar-refractivity contribution in [3.8, 4) is 5.75 Å². The first-order chi connectivity index (χ1) is 9.57. The zero-order chi connectivity index (χ0) is 14.4. The fourth-order valence-electron chi connectivity index (χ4n) is 1.55. The molecule has 0 spiro atoms. The lowest BCUT2D eigenvalue weighted by Crippen LogP contribution is -2.21. The average Bonchev–Trinajstić information content (AvgIpc) is 2.42. The molecule has 20 heavy (non-hydrogen) atoms. The summed E-state index contributed by atoms with van der Waals surface area (Å²) in [4.78, 5) is 0. The van der Waals surface area contributed by atoms with Gasteiger partial charge in [-0.1, -0.05) is 41.9 Å². The first-order valence-corrected chi connectivity index (χ1v) is 8.03. The molecule has 0 aromatic heterocycles. The van der Waals surface area contributed by atoms with Crippen molar-refractivity contribution >= 4 is 27.3 Å². The normalized spacial score (nSPS) is 11.1. The number of benzene rings is 2. The van der Waals surface area contributed by atoms with Crippen LogP contribution in [-0.4, -0.2) is 20.8 Å². The first-order valence-electron chi connectivity index (χ1n) is 6.00. The first kappa shape index (κ1) is 14.7. The molecule has 0 fully saturated rings. The van der Waals surface area contributed by atoms with Crippen molar-refractivity contribution in [2.45, 2.75) is 0 Å². The van der Waals surface area contributed by atoms with Crippen molar-refractivity contribution in [2.24, 2.45) is 0 Å². The lowest BCUT2D eigenvalue weighted by atomic mass is 10.3. The molecule has 2 aromatic rings. The van der Waals surface area contributed by atoms with Gasteiger partial charge in [-0.05, 0) is 24.3 Å². The van der Waals surface area contributed by atoms with Crippen molar-refractivity contribution in [1.29, 1.82) is 0 Å². The molecule has 4 nitrogen and oxygen atoms in total. The lowest BCUT2D eigenvalue weighted by Gasteiger charge is -2.10. The Hall–Kier alpha value is -1.72. The number of nitrogens with one attached hydrogen (secondary N) is 1. The van der Waals surface area contributed by atoms with Crippen molar-refractivity contribution in [2.75, 3.05) is 17.1 Å². The maximum Gasteiger partial charge on any atom is 0.236 e. The van der Waals surface area contributed by atoms with Crippen molar-refractivity contribution in [3.63, 3.8) is 0 Å². The highest BCUT2D eigenvalue weighted by Crippen LogP contribution is 2.21. The highest BCUT2D eigenvalue weighted by atomic mass is 35.5. The molecule has 2 aromatic carbocycles. The second-order valence-electron chi connectivity index (χ2n) is 4.06. The van der Waals surface area contributed by atoms with Gasteiger partial charge < -0.3 is 4.74 Å². The van der Waals surface area contributed by atoms with Crippen LogP contribution in [-0.2, 0) is 10.0 Å². The average molecular weight is 312 g/mol. The van der Waals surface area contributed by atoms with Crippen LogP contribution in [0.1, 0.15) is 0 Å². The Kier molecular flexibility index (Phi) is 4.87. The number of hydrogen-bond acceptors (Lipinski definition) is 3. The fraction of sp³-hybridized carbons (Fsp3) is 0.143. The van der Waals surface area contributed by atoms with Crippen LogP contribution in [0.25, 0.3) is 0 Å². The predicted molar refractivity (Wildman–Crippen MR) is 80.8 cm³/mol. The molecule has 0 saturated heterocycles. The number of ether oxygens (including phenoxy) is 1. The molecule has 0 saturated carbocycles. The van der Waals surface area contributed by atoms with E-state index in [1.54, 1.807) is 36.4 Å². The van der Waals surface area contributed by atoms with Crippen LogP contribution in [0.2, 0.25) is 5.02 Å². The van der Waals surface area contributed by atoms with Crippen LogP contribution < -0.4 is 9.46 Å². The highest BCUT2D eigenvalue weighted by molar-refractivity contribution is 7.92. The number of hydrogen-bond donors (Lipinski definition) is 1. The molecule has 0 unspecified atom stereocenters. The maximum atomic E-state index is 11.9. The Bertz CT molecular complexity index is 659. The van der Waals surface area contributed by atoms with Gasteiger partial charge in [0, 0.05) is 0 Å². The second-order valence-corrected chi connectivity index (χ2v) is 6.31. The summed E-state index contributed by atoms with van der Waals surface area (Å²) in [5.41, 5.74) is 0.369. The van der Waals surface area contributed by atoms with Gasteiger partial charge in [0.25, 0.3) is 0 Å². The molecular formula is C14H14ClNO3S. The molecule has 0 heterocycles. The third kappa shape index (κ3) is 4.43.